The van der Waals surface area contributed by atoms with Gasteiger partial charge in [0, 0.05) is 66.8 Å². The summed E-state index contributed by atoms with van der Waals surface area (Å²) in [4.78, 5) is 115. The summed E-state index contributed by atoms with van der Waals surface area (Å²) in [7, 11) is 0. The van der Waals surface area contributed by atoms with Gasteiger partial charge in [-0.2, -0.15) is 0 Å². The number of carbonyl (C=O) groups is 10. The molecule has 22 nitrogen and oxygen atoms in total. The lowest BCUT2D eigenvalue weighted by atomic mass is 9.64. The molecule has 588 valence electrons. The molecular formula is C88H94O22-10. The summed E-state index contributed by atoms with van der Waals surface area (Å²) in [5.74, 6) is -12.6. The van der Waals surface area contributed by atoms with Gasteiger partial charge in [0.05, 0.1) is 72.9 Å². The quantitative estimate of drug-likeness (QED) is 0.0789. The number of ether oxygens (including phenoxy) is 2. The minimum absolute atomic E-state index is 0.0167. The van der Waals surface area contributed by atoms with Crippen molar-refractivity contribution in [3.8, 4) is 22.6 Å². The van der Waals surface area contributed by atoms with Crippen molar-refractivity contribution in [3.63, 3.8) is 0 Å². The highest BCUT2D eigenvalue weighted by molar-refractivity contribution is 6.13. The fourth-order valence-electron chi connectivity index (χ4n) is 15.4. The smallest absolute Gasteiger partial charge is 0.132 e. The molecule has 0 aliphatic heterocycles. The molecule has 0 N–H and O–H groups in total. The average molecular weight is 1500 g/mol. The van der Waals surface area contributed by atoms with E-state index in [0.29, 0.717) is 102 Å². The molecule has 2 unspecified atom stereocenters. The first kappa shape index (κ1) is 89.2. The van der Waals surface area contributed by atoms with Gasteiger partial charge in [0.15, 0.2) is 0 Å². The summed E-state index contributed by atoms with van der Waals surface area (Å²) in [5, 5.41) is 117. The van der Waals surface area contributed by atoms with Crippen molar-refractivity contribution in [3.05, 3.63) is 201 Å². The van der Waals surface area contributed by atoms with Crippen molar-refractivity contribution in [2.45, 2.75) is 218 Å². The minimum Gasteiger partial charge on any atom is -0.545 e. The van der Waals surface area contributed by atoms with Crippen LogP contribution in [0.25, 0.3) is 32.7 Å². The SMILES string of the molecule is CCCCOc1c(C)c(C(=O)[O-])c(OCCCC)c(C)c1C(=O)[O-].Cc1c(C(=O)[O-])c(C)c2c(C)c(C)c(C(=O)[O-])c(C)c2c1C.Cc1c(C)c(-c2c(C)c(C)c(C(=O)[O-])c(C)c2C)c(C)c(C)c1C(=O)[O-].Cc1c(C)c(C(=O)[O-])c2c(c1C(=O)[O-])C(C)C2C.Cc1cc2c(C(=O)[O-])c(C)c(C)c(C(=O)[O-])c2cc1C. The molecule has 0 saturated heterocycles. The molecule has 8 aromatic carbocycles. The van der Waals surface area contributed by atoms with Crippen LogP contribution >= 0.6 is 0 Å². The zero-order chi connectivity index (χ0) is 84.2. The van der Waals surface area contributed by atoms with Gasteiger partial charge in [0.2, 0.25) is 0 Å². The first-order valence-electron chi connectivity index (χ1n) is 36.0. The molecule has 1 aliphatic carbocycles. The lowest BCUT2D eigenvalue weighted by Gasteiger charge is -2.41. The molecule has 22 heteroatoms. The molecule has 0 spiro atoms. The van der Waals surface area contributed by atoms with Crippen LogP contribution in [0.4, 0.5) is 0 Å². The Balaban J connectivity index is 0.000000247. The molecule has 0 fully saturated rings. The second-order valence-corrected chi connectivity index (χ2v) is 28.6. The number of unbranched alkanes of at least 4 members (excludes halogenated alkanes) is 2. The molecule has 0 saturated carbocycles. The van der Waals surface area contributed by atoms with E-state index in [-0.39, 0.29) is 90.1 Å². The van der Waals surface area contributed by atoms with E-state index in [0.717, 1.165) is 92.1 Å². The van der Waals surface area contributed by atoms with Crippen LogP contribution in [0.1, 0.15) is 302 Å². The number of hydrogen-bond donors (Lipinski definition) is 0. The summed E-state index contributed by atoms with van der Waals surface area (Å²) in [6, 6.07) is 3.38. The number of hydrogen-bond acceptors (Lipinski definition) is 22. The van der Waals surface area contributed by atoms with Gasteiger partial charge < -0.3 is 108 Å². The third-order valence-electron chi connectivity index (χ3n) is 22.6. The number of rotatable bonds is 19. The topological polar surface area (TPSA) is 420 Å². The Morgan fingerprint density at radius 2 is 0.464 bits per heavy atom. The van der Waals surface area contributed by atoms with Gasteiger partial charge in [-0.1, -0.05) is 52.7 Å². The highest BCUT2D eigenvalue weighted by Gasteiger charge is 2.38. The maximum atomic E-state index is 11.6. The van der Waals surface area contributed by atoms with Crippen LogP contribution in [0, 0.1) is 152 Å². The Labute approximate surface area is 641 Å². The largest absolute Gasteiger partial charge is 0.545 e. The molecule has 110 heavy (non-hydrogen) atoms. The number of aromatic carboxylic acids is 10. The number of aryl methyl sites for hydroxylation is 6. The Morgan fingerprint density at radius 1 is 0.264 bits per heavy atom. The van der Waals surface area contributed by atoms with Crippen LogP contribution in [0.15, 0.2) is 12.1 Å². The zero-order valence-electron chi connectivity index (χ0n) is 67.5. The Bertz CT molecular complexity index is 4850. The first-order chi connectivity index (χ1) is 50.9. The van der Waals surface area contributed by atoms with Crippen molar-refractivity contribution in [2.24, 2.45) is 0 Å². The van der Waals surface area contributed by atoms with Crippen LogP contribution < -0.4 is 60.5 Å². The number of fused-ring (bicyclic) bond motifs is 3. The van der Waals surface area contributed by atoms with E-state index in [1.165, 1.54) is 13.8 Å². The van der Waals surface area contributed by atoms with Crippen LogP contribution in [0.5, 0.6) is 11.5 Å². The molecule has 0 bridgehead atoms. The third kappa shape index (κ3) is 16.6. The Kier molecular flexibility index (Phi) is 28.6. The monoisotopic (exact) mass is 1500 g/mol. The van der Waals surface area contributed by atoms with Gasteiger partial charge in [-0.05, 0) is 332 Å². The number of carboxylic acid groups (broad SMARTS) is 10. The summed E-state index contributed by atoms with van der Waals surface area (Å²) in [6.45, 7) is 46.7. The van der Waals surface area contributed by atoms with Gasteiger partial charge in [-0.3, -0.25) is 0 Å². The fraction of sp³-hybridized carbons (Fsp3) is 0.386. The molecule has 2 atom stereocenters. The standard InChI is InChI=1S/C22H26O4.C18H26O6.C18H20O4.C16H16O4.C14H16O4/c1-9-13(5)19(21(23)24)14(6)10(2)17(9)18-11(3)15(7)20(22(25)26)16(8)12(18)4;1-5-7-9-23-15-11(3)14(18(21)22)16(24-10-8-6-2)12(4)13(15)17(19)20;1-7-9(3)15(17(19)20)12(6)14-8(2)10(4)16(18(21)22)11(5)13(7)14;1-7-5-11-12(6-8(7)2)14(16(19)20)10(4)9(3)13(11)15(17)18;1-5-6(2)10-9(5)11(13(15)16)7(3)8(4)12(10)14(17)18/h1-8H3,(H,23,24)(H,25,26);5-10H2,1-4H3,(H,19,20)(H,21,22);1-6H3,(H,19,20)(H,21,22);5-6H,1-4H3,(H,17,18)(H,19,20);5-6H,1-4H3,(H,15,16)(H,17,18)/p-10. The van der Waals surface area contributed by atoms with Gasteiger partial charge in [0.25, 0.3) is 0 Å². The van der Waals surface area contributed by atoms with E-state index < -0.39 is 59.7 Å². The summed E-state index contributed by atoms with van der Waals surface area (Å²) < 4.78 is 11.1. The second kappa shape index (κ2) is 35.3. The lowest BCUT2D eigenvalue weighted by Crippen LogP contribution is -2.36. The van der Waals surface area contributed by atoms with Crippen LogP contribution in [-0.2, 0) is 0 Å². The van der Waals surface area contributed by atoms with Crippen LogP contribution in [0.2, 0.25) is 0 Å². The molecule has 0 aromatic heterocycles. The fourth-order valence-corrected chi connectivity index (χ4v) is 15.4. The first-order valence-corrected chi connectivity index (χ1v) is 36.0. The lowest BCUT2D eigenvalue weighted by molar-refractivity contribution is -0.256. The normalized spacial score (nSPS) is 12.5. The number of benzene rings is 8. The van der Waals surface area contributed by atoms with E-state index >= 15 is 0 Å². The minimum atomic E-state index is -1.42. The molecule has 1 aliphatic rings. The van der Waals surface area contributed by atoms with Crippen molar-refractivity contribution in [1.82, 2.24) is 0 Å². The maximum Gasteiger partial charge on any atom is 0.132 e. The molecule has 8 aromatic rings. The van der Waals surface area contributed by atoms with Crippen LogP contribution in [-0.4, -0.2) is 72.9 Å². The van der Waals surface area contributed by atoms with E-state index in [1.807, 2.05) is 83.1 Å². The summed E-state index contributed by atoms with van der Waals surface area (Å²) >= 11 is 0. The zero-order valence-corrected chi connectivity index (χ0v) is 67.5. The predicted molar refractivity (Wildman–Crippen MR) is 398 cm³/mol. The van der Waals surface area contributed by atoms with Gasteiger partial charge in [-0.15, -0.1) is 0 Å². The Hall–Kier alpha value is -11.4. The average Bonchev–Trinajstić information content (AvgIpc) is 0.724. The molecular weight excluding hydrogens is 1410 g/mol. The Morgan fingerprint density at radius 3 is 0.682 bits per heavy atom. The summed E-state index contributed by atoms with van der Waals surface area (Å²) in [6.07, 6.45) is 3.18. The second-order valence-electron chi connectivity index (χ2n) is 28.6. The van der Waals surface area contributed by atoms with E-state index in [1.54, 1.807) is 95.2 Å². The number of carbonyl (C=O) groups excluding carboxylic acids is 10. The third-order valence-corrected chi connectivity index (χ3v) is 22.6. The molecule has 0 amide bonds. The van der Waals surface area contributed by atoms with Crippen LogP contribution in [0.3, 0.4) is 0 Å². The van der Waals surface area contributed by atoms with Crippen molar-refractivity contribution < 1.29 is 108 Å². The van der Waals surface area contributed by atoms with Crippen molar-refractivity contribution >= 4 is 81.2 Å². The van der Waals surface area contributed by atoms with E-state index in [9.17, 15) is 99.0 Å². The maximum absolute atomic E-state index is 11.6. The van der Waals surface area contributed by atoms with Gasteiger partial charge >= 0.3 is 0 Å². The highest BCUT2D eigenvalue weighted by Crippen LogP contribution is 2.51. The van der Waals surface area contributed by atoms with Crippen molar-refractivity contribution in [2.75, 3.05) is 13.2 Å². The molecule has 0 radical (unpaired) electrons. The summed E-state index contributed by atoms with van der Waals surface area (Å²) in [5.41, 5.74) is 18.2. The molecule has 9 rings (SSSR count). The van der Waals surface area contributed by atoms with E-state index in [4.69, 9.17) is 9.47 Å². The number of carboxylic acids is 10. The van der Waals surface area contributed by atoms with Gasteiger partial charge in [-0.25, -0.2) is 0 Å². The van der Waals surface area contributed by atoms with Crippen molar-refractivity contribution in [1.29, 1.82) is 0 Å². The molecule has 0 heterocycles. The van der Waals surface area contributed by atoms with Gasteiger partial charge in [0.1, 0.15) is 11.5 Å². The van der Waals surface area contributed by atoms with E-state index in [2.05, 4.69) is 0 Å². The highest BCUT2D eigenvalue weighted by atomic mass is 16.5. The predicted octanol–water partition coefficient (Wildman–Crippen LogP) is 6.41.